The van der Waals surface area contributed by atoms with E-state index in [-0.39, 0.29) is 17.4 Å². The lowest BCUT2D eigenvalue weighted by molar-refractivity contribution is -0.123. The Kier molecular flexibility index (Phi) is 8.83. The summed E-state index contributed by atoms with van der Waals surface area (Å²) in [6.45, 7) is 6.26. The molecule has 2 atom stereocenters. The lowest BCUT2D eigenvalue weighted by atomic mass is 10.1. The SMILES string of the molecule is CCOc1ccc(S(=O)(=O)N[C@H](Cc2ccccc2)C(=O)N[C@@H](C)COC)cc1C. The quantitative estimate of drug-likeness (QED) is 0.567. The number of ether oxygens (including phenoxy) is 2. The Morgan fingerprint density at radius 3 is 2.43 bits per heavy atom. The normalized spacial score (nSPS) is 13.5. The molecule has 0 aliphatic carbocycles. The summed E-state index contributed by atoms with van der Waals surface area (Å²) in [5.74, 6) is 0.220. The third-order valence-corrected chi connectivity index (χ3v) is 5.93. The first-order valence-electron chi connectivity index (χ1n) is 9.85. The summed E-state index contributed by atoms with van der Waals surface area (Å²) < 4.78 is 39.1. The van der Waals surface area contributed by atoms with Crippen molar-refractivity contribution in [1.29, 1.82) is 0 Å². The predicted molar refractivity (Wildman–Crippen MR) is 116 cm³/mol. The molecule has 0 fully saturated rings. The van der Waals surface area contributed by atoms with Gasteiger partial charge in [0.25, 0.3) is 0 Å². The molecular formula is C22H30N2O5S. The third-order valence-electron chi connectivity index (χ3n) is 4.46. The topological polar surface area (TPSA) is 93.7 Å². The average Bonchev–Trinajstić information content (AvgIpc) is 2.70. The van der Waals surface area contributed by atoms with Gasteiger partial charge in [0.15, 0.2) is 0 Å². The predicted octanol–water partition coefficient (Wildman–Crippen LogP) is 2.43. The van der Waals surface area contributed by atoms with Crippen molar-refractivity contribution >= 4 is 15.9 Å². The number of nitrogens with one attached hydrogen (secondary N) is 2. The lowest BCUT2D eigenvalue weighted by Gasteiger charge is -2.21. The van der Waals surface area contributed by atoms with Crippen LogP contribution in [-0.4, -0.2) is 46.7 Å². The Balaban J connectivity index is 2.26. The van der Waals surface area contributed by atoms with Gasteiger partial charge in [0, 0.05) is 13.2 Å². The second-order valence-electron chi connectivity index (χ2n) is 7.09. The Morgan fingerprint density at radius 2 is 1.83 bits per heavy atom. The minimum Gasteiger partial charge on any atom is -0.494 e. The summed E-state index contributed by atoms with van der Waals surface area (Å²) in [4.78, 5) is 12.9. The number of methoxy groups -OCH3 is 1. The van der Waals surface area contributed by atoms with Crippen LogP contribution in [0, 0.1) is 6.92 Å². The molecule has 7 nitrogen and oxygen atoms in total. The molecule has 0 bridgehead atoms. The zero-order chi connectivity index (χ0) is 22.1. The van der Waals surface area contributed by atoms with Crippen molar-refractivity contribution in [2.24, 2.45) is 0 Å². The molecule has 1 amide bonds. The van der Waals surface area contributed by atoms with E-state index >= 15 is 0 Å². The summed E-state index contributed by atoms with van der Waals surface area (Å²) >= 11 is 0. The van der Waals surface area contributed by atoms with Gasteiger partial charge in [-0.25, -0.2) is 8.42 Å². The average molecular weight is 435 g/mol. The van der Waals surface area contributed by atoms with E-state index in [1.54, 1.807) is 33.1 Å². The van der Waals surface area contributed by atoms with Gasteiger partial charge in [0.1, 0.15) is 11.8 Å². The number of aryl methyl sites for hydroxylation is 1. The summed E-state index contributed by atoms with van der Waals surface area (Å²) in [6, 6.07) is 12.7. The Hall–Kier alpha value is -2.42. The van der Waals surface area contributed by atoms with Gasteiger partial charge < -0.3 is 14.8 Å². The van der Waals surface area contributed by atoms with Gasteiger partial charge in [0.05, 0.1) is 18.1 Å². The fourth-order valence-corrected chi connectivity index (χ4v) is 4.31. The number of hydrogen-bond donors (Lipinski definition) is 2. The van der Waals surface area contributed by atoms with Crippen LogP contribution >= 0.6 is 0 Å². The van der Waals surface area contributed by atoms with Gasteiger partial charge >= 0.3 is 0 Å². The molecule has 2 rings (SSSR count). The van der Waals surface area contributed by atoms with Crippen LogP contribution < -0.4 is 14.8 Å². The maximum absolute atomic E-state index is 13.0. The molecule has 164 valence electrons. The second kappa shape index (κ2) is 11.1. The number of hydrogen-bond acceptors (Lipinski definition) is 5. The highest BCUT2D eigenvalue weighted by Crippen LogP contribution is 2.22. The van der Waals surface area contributed by atoms with Crippen molar-refractivity contribution in [3.8, 4) is 5.75 Å². The van der Waals surface area contributed by atoms with Gasteiger partial charge in [-0.15, -0.1) is 0 Å². The maximum atomic E-state index is 13.0. The molecule has 0 unspecified atom stereocenters. The number of benzene rings is 2. The van der Waals surface area contributed by atoms with E-state index in [0.717, 1.165) is 5.56 Å². The molecule has 8 heteroatoms. The van der Waals surface area contributed by atoms with Crippen LogP contribution in [0.3, 0.4) is 0 Å². The van der Waals surface area contributed by atoms with Crippen LogP contribution in [0.2, 0.25) is 0 Å². The lowest BCUT2D eigenvalue weighted by Crippen LogP contribution is -2.50. The van der Waals surface area contributed by atoms with Crippen LogP contribution in [0.1, 0.15) is 25.0 Å². The number of rotatable bonds is 11. The Bertz CT molecular complexity index is 932. The van der Waals surface area contributed by atoms with Crippen LogP contribution in [0.5, 0.6) is 5.75 Å². The zero-order valence-corrected chi connectivity index (χ0v) is 18.7. The largest absolute Gasteiger partial charge is 0.494 e. The summed E-state index contributed by atoms with van der Waals surface area (Å²) in [6.07, 6.45) is 0.224. The molecule has 30 heavy (non-hydrogen) atoms. The molecule has 0 aliphatic heterocycles. The fourth-order valence-electron chi connectivity index (χ4n) is 3.03. The van der Waals surface area contributed by atoms with E-state index in [1.165, 1.54) is 6.07 Å². The number of carbonyl (C=O) groups excluding carboxylic acids is 1. The smallest absolute Gasteiger partial charge is 0.241 e. The van der Waals surface area contributed by atoms with E-state index < -0.39 is 22.0 Å². The Labute approximate surface area is 178 Å². The summed E-state index contributed by atoms with van der Waals surface area (Å²) in [5, 5.41) is 2.80. The third kappa shape index (κ3) is 6.83. The monoisotopic (exact) mass is 434 g/mol. The highest BCUT2D eigenvalue weighted by atomic mass is 32.2. The molecule has 0 spiro atoms. The van der Waals surface area contributed by atoms with Crippen molar-refractivity contribution < 1.29 is 22.7 Å². The second-order valence-corrected chi connectivity index (χ2v) is 8.80. The molecule has 0 heterocycles. The molecule has 2 aromatic carbocycles. The fraction of sp³-hybridized carbons (Fsp3) is 0.409. The Morgan fingerprint density at radius 1 is 1.13 bits per heavy atom. The van der Waals surface area contributed by atoms with E-state index in [4.69, 9.17) is 9.47 Å². The van der Waals surface area contributed by atoms with Crippen LogP contribution in [0.25, 0.3) is 0 Å². The van der Waals surface area contributed by atoms with Gasteiger partial charge in [-0.2, -0.15) is 4.72 Å². The van der Waals surface area contributed by atoms with Crippen molar-refractivity contribution in [2.45, 2.75) is 44.2 Å². The first-order valence-corrected chi connectivity index (χ1v) is 11.3. The van der Waals surface area contributed by atoms with Crippen LogP contribution in [-0.2, 0) is 26.0 Å². The van der Waals surface area contributed by atoms with E-state index in [1.807, 2.05) is 37.3 Å². The van der Waals surface area contributed by atoms with Gasteiger partial charge in [-0.3, -0.25) is 4.79 Å². The molecule has 0 aliphatic rings. The number of sulfonamides is 1. The number of carbonyl (C=O) groups is 1. The van der Waals surface area contributed by atoms with Crippen molar-refractivity contribution in [3.63, 3.8) is 0 Å². The van der Waals surface area contributed by atoms with E-state index in [9.17, 15) is 13.2 Å². The highest BCUT2D eigenvalue weighted by Gasteiger charge is 2.27. The van der Waals surface area contributed by atoms with E-state index in [0.29, 0.717) is 24.5 Å². The molecule has 0 saturated carbocycles. The highest BCUT2D eigenvalue weighted by molar-refractivity contribution is 7.89. The van der Waals surface area contributed by atoms with Crippen molar-refractivity contribution in [1.82, 2.24) is 10.0 Å². The van der Waals surface area contributed by atoms with E-state index in [2.05, 4.69) is 10.0 Å². The molecule has 0 saturated heterocycles. The van der Waals surface area contributed by atoms with Gasteiger partial charge in [-0.05, 0) is 56.5 Å². The zero-order valence-electron chi connectivity index (χ0n) is 17.8. The van der Waals surface area contributed by atoms with Gasteiger partial charge in [0.2, 0.25) is 15.9 Å². The minimum atomic E-state index is -3.92. The van der Waals surface area contributed by atoms with Gasteiger partial charge in [-0.1, -0.05) is 30.3 Å². The first kappa shape index (κ1) is 23.9. The van der Waals surface area contributed by atoms with Crippen molar-refractivity contribution in [2.75, 3.05) is 20.3 Å². The molecule has 0 radical (unpaired) electrons. The number of amides is 1. The summed E-state index contributed by atoms with van der Waals surface area (Å²) in [7, 11) is -2.38. The summed E-state index contributed by atoms with van der Waals surface area (Å²) in [5.41, 5.74) is 1.56. The molecular weight excluding hydrogens is 404 g/mol. The minimum absolute atomic E-state index is 0.0826. The molecule has 2 aromatic rings. The van der Waals surface area contributed by atoms with Crippen molar-refractivity contribution in [3.05, 3.63) is 59.7 Å². The first-order chi connectivity index (χ1) is 14.3. The standard InChI is InChI=1S/C22H30N2O5S/c1-5-29-21-12-11-19(13-16(21)2)30(26,27)24-20(14-18-9-7-6-8-10-18)22(25)23-17(3)15-28-4/h6-13,17,20,24H,5,14-15H2,1-4H3,(H,23,25)/t17-,20+/m0/s1. The molecule has 0 aromatic heterocycles. The van der Waals surface area contributed by atoms with Crippen LogP contribution in [0.4, 0.5) is 0 Å². The maximum Gasteiger partial charge on any atom is 0.241 e. The van der Waals surface area contributed by atoms with Crippen LogP contribution in [0.15, 0.2) is 53.4 Å². The molecule has 2 N–H and O–H groups in total.